The van der Waals surface area contributed by atoms with Crippen molar-refractivity contribution in [2.75, 3.05) is 0 Å². The second kappa shape index (κ2) is 12.1. The molecule has 0 aliphatic heterocycles. The Bertz CT molecular complexity index is 2590. The summed E-state index contributed by atoms with van der Waals surface area (Å²) in [5, 5.41) is 12.9. The minimum atomic E-state index is 0. The van der Waals surface area contributed by atoms with Crippen LogP contribution in [0.1, 0.15) is 0 Å². The molecular formula is C42H26N3O2Pt-. The number of hydrogen-bond donors (Lipinski definition) is 1. The van der Waals surface area contributed by atoms with Crippen LogP contribution in [0, 0.1) is 6.07 Å². The Hall–Kier alpha value is -5.77. The van der Waals surface area contributed by atoms with Crippen LogP contribution in [0.15, 0.2) is 156 Å². The Labute approximate surface area is 291 Å². The summed E-state index contributed by atoms with van der Waals surface area (Å²) in [6.45, 7) is 0. The second-order valence-corrected chi connectivity index (χ2v) is 11.5. The van der Waals surface area contributed by atoms with Crippen LogP contribution in [0.4, 0.5) is 0 Å². The molecule has 3 aromatic heterocycles. The Kier molecular flexibility index (Phi) is 7.47. The number of para-hydroxylation sites is 4. The van der Waals surface area contributed by atoms with Gasteiger partial charge in [-0.05, 0) is 48.0 Å². The van der Waals surface area contributed by atoms with E-state index in [1.807, 2.05) is 66.7 Å². The summed E-state index contributed by atoms with van der Waals surface area (Å²) >= 11 is 0. The van der Waals surface area contributed by atoms with Gasteiger partial charge >= 0.3 is 0 Å². The number of phenolic OH excluding ortho intramolecular Hbond substituents is 1. The smallest absolute Gasteiger partial charge is 0.148 e. The third-order valence-electron chi connectivity index (χ3n) is 8.65. The molecule has 0 aliphatic carbocycles. The van der Waals surface area contributed by atoms with Gasteiger partial charge in [0.1, 0.15) is 22.7 Å². The third kappa shape index (κ3) is 4.92. The number of fused-ring (bicyclic) bond motifs is 4. The van der Waals surface area contributed by atoms with Crippen LogP contribution in [-0.4, -0.2) is 19.6 Å². The number of phenols is 1. The molecule has 5 nitrogen and oxygen atoms in total. The Balaban J connectivity index is 0.00000336. The van der Waals surface area contributed by atoms with Crippen molar-refractivity contribution in [1.29, 1.82) is 0 Å². The number of aromatic nitrogens is 3. The van der Waals surface area contributed by atoms with E-state index in [9.17, 15) is 5.11 Å². The monoisotopic (exact) mass is 799 g/mol. The number of pyridine rings is 1. The van der Waals surface area contributed by atoms with Crippen molar-refractivity contribution >= 4 is 33.0 Å². The van der Waals surface area contributed by atoms with Crippen molar-refractivity contribution in [2.24, 2.45) is 0 Å². The summed E-state index contributed by atoms with van der Waals surface area (Å²) in [4.78, 5) is 10.1. The fourth-order valence-electron chi connectivity index (χ4n) is 6.51. The molecule has 0 atom stereocenters. The molecule has 9 rings (SSSR count). The summed E-state index contributed by atoms with van der Waals surface area (Å²) in [6, 6.07) is 52.1. The van der Waals surface area contributed by atoms with Crippen LogP contribution in [-0.2, 0) is 21.1 Å². The van der Waals surface area contributed by atoms with Crippen molar-refractivity contribution in [1.82, 2.24) is 14.5 Å². The first-order chi connectivity index (χ1) is 23.2. The maximum absolute atomic E-state index is 10.9. The zero-order chi connectivity index (χ0) is 31.3. The van der Waals surface area contributed by atoms with Gasteiger partial charge in [-0.1, -0.05) is 108 Å². The summed E-state index contributed by atoms with van der Waals surface area (Å²) < 4.78 is 8.33. The predicted octanol–water partition coefficient (Wildman–Crippen LogP) is 10.5. The van der Waals surface area contributed by atoms with Crippen LogP contribution < -0.4 is 0 Å². The standard InChI is InChI=1S/C42H26N3O2.Pt/c46-36-20-9-7-16-33(36)42-44-41-32(18-11-19-35(41)45(42)31-14-5-2-6-15-31)29-24-28(27-12-3-1-4-13-27)25-30(26-29)40-39-34-17-8-10-21-37(34)47-38(39)22-23-43-40;/h1-25,46H;/q-1;. The van der Waals surface area contributed by atoms with Crippen LogP contribution in [0.25, 0.3) is 83.6 Å². The molecule has 232 valence electrons. The molecule has 3 heterocycles. The van der Waals surface area contributed by atoms with E-state index < -0.39 is 0 Å². The molecule has 0 bridgehead atoms. The molecule has 0 saturated carbocycles. The first kappa shape index (κ1) is 29.6. The van der Waals surface area contributed by atoms with Gasteiger partial charge in [-0.25, -0.2) is 4.98 Å². The fourth-order valence-corrected chi connectivity index (χ4v) is 6.51. The van der Waals surface area contributed by atoms with Gasteiger partial charge in [0, 0.05) is 49.4 Å². The van der Waals surface area contributed by atoms with E-state index in [1.54, 1.807) is 12.3 Å². The fraction of sp³-hybridized carbons (Fsp3) is 0. The van der Waals surface area contributed by atoms with Gasteiger partial charge < -0.3 is 9.52 Å². The van der Waals surface area contributed by atoms with Gasteiger partial charge in [-0.15, -0.1) is 23.8 Å². The summed E-state index contributed by atoms with van der Waals surface area (Å²) in [5.74, 6) is 0.834. The third-order valence-corrected chi connectivity index (χ3v) is 8.65. The molecule has 0 saturated heterocycles. The van der Waals surface area contributed by atoms with Crippen molar-refractivity contribution < 1.29 is 30.6 Å². The van der Waals surface area contributed by atoms with Gasteiger partial charge in [0.05, 0.1) is 16.6 Å². The summed E-state index contributed by atoms with van der Waals surface area (Å²) in [5.41, 5.74) is 10.6. The Morgan fingerprint density at radius 3 is 2.17 bits per heavy atom. The molecule has 9 aromatic rings. The van der Waals surface area contributed by atoms with E-state index in [0.717, 1.165) is 72.2 Å². The molecule has 0 fully saturated rings. The van der Waals surface area contributed by atoms with E-state index in [0.29, 0.717) is 11.4 Å². The molecule has 6 aromatic carbocycles. The first-order valence-electron chi connectivity index (χ1n) is 15.5. The molecule has 0 aliphatic rings. The minimum Gasteiger partial charge on any atom is -0.507 e. The molecule has 0 amide bonds. The van der Waals surface area contributed by atoms with E-state index >= 15 is 0 Å². The van der Waals surface area contributed by atoms with Crippen molar-refractivity contribution in [2.45, 2.75) is 0 Å². The van der Waals surface area contributed by atoms with Gasteiger partial charge in [0.15, 0.2) is 0 Å². The number of aromatic hydroxyl groups is 1. The molecule has 0 spiro atoms. The van der Waals surface area contributed by atoms with Crippen molar-refractivity contribution in [3.8, 4) is 56.3 Å². The largest absolute Gasteiger partial charge is 0.507 e. The van der Waals surface area contributed by atoms with E-state index in [4.69, 9.17) is 14.4 Å². The summed E-state index contributed by atoms with van der Waals surface area (Å²) in [7, 11) is 0. The minimum absolute atomic E-state index is 0. The van der Waals surface area contributed by atoms with Crippen molar-refractivity contribution in [3.05, 3.63) is 158 Å². The molecule has 1 N–H and O–H groups in total. The molecular weight excluding hydrogens is 774 g/mol. The zero-order valence-electron chi connectivity index (χ0n) is 25.4. The Morgan fingerprint density at radius 2 is 1.33 bits per heavy atom. The molecule has 48 heavy (non-hydrogen) atoms. The normalized spacial score (nSPS) is 11.2. The number of furan rings is 1. The molecule has 0 unspecified atom stereocenters. The SMILES string of the molecule is Oc1ccccc1-c1nc2c(-c3[c-]c(-c4nccc5oc6ccccc6c45)cc(-c4ccccc4)c3)cccc2n1-c1ccccc1.[Pt]. The molecule has 0 radical (unpaired) electrons. The van der Waals surface area contributed by atoms with Crippen LogP contribution in [0.3, 0.4) is 0 Å². The summed E-state index contributed by atoms with van der Waals surface area (Å²) in [6.07, 6.45) is 1.80. The maximum Gasteiger partial charge on any atom is 0.148 e. The van der Waals surface area contributed by atoms with Crippen molar-refractivity contribution in [3.63, 3.8) is 0 Å². The van der Waals surface area contributed by atoms with Gasteiger partial charge in [-0.3, -0.25) is 9.55 Å². The predicted molar refractivity (Wildman–Crippen MR) is 188 cm³/mol. The van der Waals surface area contributed by atoms with E-state index in [-0.39, 0.29) is 26.8 Å². The van der Waals surface area contributed by atoms with Gasteiger partial charge in [0.25, 0.3) is 0 Å². The van der Waals surface area contributed by atoms with E-state index in [2.05, 4.69) is 83.4 Å². The van der Waals surface area contributed by atoms with Crippen LogP contribution in [0.5, 0.6) is 5.75 Å². The van der Waals surface area contributed by atoms with Crippen LogP contribution >= 0.6 is 0 Å². The number of imidazole rings is 1. The number of nitrogens with zero attached hydrogens (tertiary/aromatic N) is 3. The Morgan fingerprint density at radius 1 is 0.625 bits per heavy atom. The van der Waals surface area contributed by atoms with Crippen LogP contribution in [0.2, 0.25) is 0 Å². The topological polar surface area (TPSA) is 64.1 Å². The number of benzene rings is 6. The number of hydrogen-bond acceptors (Lipinski definition) is 4. The average molecular weight is 800 g/mol. The van der Waals surface area contributed by atoms with Gasteiger partial charge in [0.2, 0.25) is 0 Å². The second-order valence-electron chi connectivity index (χ2n) is 11.5. The maximum atomic E-state index is 10.9. The average Bonchev–Trinajstić information content (AvgIpc) is 3.71. The van der Waals surface area contributed by atoms with Gasteiger partial charge in [-0.2, -0.15) is 0 Å². The first-order valence-corrected chi connectivity index (χ1v) is 15.5. The quantitative estimate of drug-likeness (QED) is 0.176. The molecule has 6 heteroatoms. The van der Waals surface area contributed by atoms with E-state index in [1.165, 1.54) is 0 Å². The number of rotatable bonds is 5. The zero-order valence-corrected chi connectivity index (χ0v) is 27.7.